The first kappa shape index (κ1) is 12.3. The van der Waals surface area contributed by atoms with E-state index < -0.39 is 0 Å². The molecule has 1 rings (SSSR count). The molecule has 0 radical (unpaired) electrons. The van der Waals surface area contributed by atoms with Gasteiger partial charge in [-0.3, -0.25) is 0 Å². The monoisotopic (exact) mass is 216 g/mol. The zero-order chi connectivity index (χ0) is 12.0. The molecular weight excluding hydrogens is 200 g/mol. The second-order valence-corrected chi connectivity index (χ2v) is 3.59. The summed E-state index contributed by atoms with van der Waals surface area (Å²) in [4.78, 5) is 0. The number of hydrogen-bond acceptors (Lipinski definition) is 3. The van der Waals surface area contributed by atoms with Gasteiger partial charge in [-0.15, -0.1) is 0 Å². The predicted molar refractivity (Wildman–Crippen MR) is 65.3 cm³/mol. The average Bonchev–Trinajstić information content (AvgIpc) is 2.29. The van der Waals surface area contributed by atoms with Gasteiger partial charge < -0.3 is 10.1 Å². The van der Waals surface area contributed by atoms with Crippen molar-refractivity contribution < 1.29 is 4.74 Å². The minimum atomic E-state index is 0.563. The number of hydrogen-bond donors (Lipinski definition) is 1. The molecule has 16 heavy (non-hydrogen) atoms. The first-order valence-corrected chi connectivity index (χ1v) is 5.11. The third kappa shape index (κ3) is 3.11. The summed E-state index contributed by atoms with van der Waals surface area (Å²) >= 11 is 0. The second-order valence-electron chi connectivity index (χ2n) is 3.59. The van der Waals surface area contributed by atoms with Gasteiger partial charge in [-0.1, -0.05) is 17.7 Å². The molecule has 0 heterocycles. The van der Waals surface area contributed by atoms with Crippen LogP contribution in [0.3, 0.4) is 0 Å². The van der Waals surface area contributed by atoms with Crippen molar-refractivity contribution in [3.63, 3.8) is 0 Å². The molecule has 1 aromatic rings. The average molecular weight is 216 g/mol. The molecule has 0 bridgehead atoms. The molecule has 84 valence electrons. The van der Waals surface area contributed by atoms with Gasteiger partial charge in [-0.2, -0.15) is 5.26 Å². The number of nitrogens with zero attached hydrogens (tertiary/aromatic N) is 1. The molecule has 0 unspecified atom stereocenters. The Morgan fingerprint density at radius 3 is 2.88 bits per heavy atom. The Morgan fingerprint density at radius 2 is 2.31 bits per heavy atom. The Labute approximate surface area is 96.4 Å². The fourth-order valence-corrected chi connectivity index (χ4v) is 1.52. The van der Waals surface area contributed by atoms with Gasteiger partial charge in [0.25, 0.3) is 0 Å². The third-order valence-corrected chi connectivity index (χ3v) is 2.21. The minimum Gasteiger partial charge on any atom is -0.495 e. The highest BCUT2D eigenvalue weighted by molar-refractivity contribution is 5.58. The summed E-state index contributed by atoms with van der Waals surface area (Å²) in [5.74, 6) is 0.617. The maximum atomic E-state index is 8.95. The van der Waals surface area contributed by atoms with E-state index in [4.69, 9.17) is 10.00 Å². The van der Waals surface area contributed by atoms with Crippen molar-refractivity contribution in [2.24, 2.45) is 0 Å². The van der Waals surface area contributed by atoms with E-state index in [9.17, 15) is 0 Å². The topological polar surface area (TPSA) is 45.0 Å². The lowest BCUT2D eigenvalue weighted by Gasteiger charge is -2.04. The summed E-state index contributed by atoms with van der Waals surface area (Å²) in [7, 11) is 3.48. The largest absolute Gasteiger partial charge is 0.495 e. The Bertz CT molecular complexity index is 430. The highest BCUT2D eigenvalue weighted by atomic mass is 16.5. The van der Waals surface area contributed by atoms with Crippen molar-refractivity contribution >= 4 is 6.08 Å². The molecule has 3 heteroatoms. The lowest BCUT2D eigenvalue weighted by molar-refractivity contribution is 0.413. The first-order valence-electron chi connectivity index (χ1n) is 5.11. The first-order chi connectivity index (χ1) is 7.71. The summed E-state index contributed by atoms with van der Waals surface area (Å²) in [5.41, 5.74) is 2.80. The second kappa shape index (κ2) is 5.94. The number of nitriles is 1. The van der Waals surface area contributed by atoms with Gasteiger partial charge in [0.2, 0.25) is 0 Å². The molecule has 1 N–H and O–H groups in total. The summed E-state index contributed by atoms with van der Waals surface area (Å²) in [5, 5.41) is 12.0. The molecule has 0 aliphatic carbocycles. The summed E-state index contributed by atoms with van der Waals surface area (Å²) in [6, 6.07) is 7.71. The van der Waals surface area contributed by atoms with E-state index in [2.05, 4.69) is 17.5 Å². The zero-order valence-electron chi connectivity index (χ0n) is 9.87. The molecule has 1 aromatic carbocycles. The molecule has 0 saturated carbocycles. The number of likely N-dealkylation sites (N-methyl/N-ethyl adjacent to an activating group) is 1. The number of rotatable bonds is 4. The third-order valence-electron chi connectivity index (χ3n) is 2.21. The zero-order valence-corrected chi connectivity index (χ0v) is 9.87. The number of nitrogens with one attached hydrogen (secondary N) is 1. The Balaban J connectivity index is 3.00. The summed E-state index contributed by atoms with van der Waals surface area (Å²) in [6.45, 7) is 2.89. The molecule has 3 nitrogen and oxygen atoms in total. The van der Waals surface area contributed by atoms with E-state index in [0.717, 1.165) is 12.1 Å². The molecule has 0 atom stereocenters. The predicted octanol–water partition coefficient (Wildman–Crippen LogP) is 2.19. The quantitative estimate of drug-likeness (QED) is 0.839. The van der Waals surface area contributed by atoms with Crippen LogP contribution in [0.25, 0.3) is 6.08 Å². The maximum Gasteiger partial charge on any atom is 0.136 e. The molecule has 0 aliphatic rings. The normalized spacial score (nSPS) is 11.0. The van der Waals surface area contributed by atoms with E-state index in [1.807, 2.05) is 32.2 Å². The Hall–Kier alpha value is -1.79. The Kier molecular flexibility index (Phi) is 4.56. The fraction of sp³-hybridized carbons (Fsp3) is 0.308. The van der Waals surface area contributed by atoms with Crippen molar-refractivity contribution in [2.45, 2.75) is 6.92 Å². The van der Waals surface area contributed by atoms with Crippen LogP contribution in [-0.4, -0.2) is 20.7 Å². The van der Waals surface area contributed by atoms with Crippen LogP contribution in [0, 0.1) is 11.3 Å². The van der Waals surface area contributed by atoms with Gasteiger partial charge in [-0.25, -0.2) is 0 Å². The fourth-order valence-electron chi connectivity index (χ4n) is 1.52. The van der Waals surface area contributed by atoms with Gasteiger partial charge in [-0.05, 0) is 31.7 Å². The standard InChI is InChI=1S/C13H16N2O/c1-10(9-15-2)6-11-4-5-13(16-3)12(7-11)8-14/h4-7,15H,9H2,1-3H3. The van der Waals surface area contributed by atoms with Crippen LogP contribution in [0.1, 0.15) is 18.1 Å². The van der Waals surface area contributed by atoms with Crippen LogP contribution in [0.2, 0.25) is 0 Å². The lowest BCUT2D eigenvalue weighted by atomic mass is 10.1. The van der Waals surface area contributed by atoms with Crippen LogP contribution in [0.15, 0.2) is 23.8 Å². The molecule has 0 spiro atoms. The van der Waals surface area contributed by atoms with Gasteiger partial charge in [0.05, 0.1) is 12.7 Å². The van der Waals surface area contributed by atoms with Crippen LogP contribution >= 0.6 is 0 Å². The molecule has 0 aliphatic heterocycles. The summed E-state index contributed by atoms with van der Waals surface area (Å²) < 4.78 is 5.09. The van der Waals surface area contributed by atoms with Crippen LogP contribution in [0.4, 0.5) is 0 Å². The SMILES string of the molecule is CNCC(C)=Cc1ccc(OC)c(C#N)c1. The number of benzene rings is 1. The smallest absolute Gasteiger partial charge is 0.136 e. The van der Waals surface area contributed by atoms with E-state index in [1.165, 1.54) is 5.57 Å². The van der Waals surface area contributed by atoms with Gasteiger partial charge >= 0.3 is 0 Å². The van der Waals surface area contributed by atoms with Crippen LogP contribution < -0.4 is 10.1 Å². The van der Waals surface area contributed by atoms with E-state index in [0.29, 0.717) is 11.3 Å². The molecule has 0 saturated heterocycles. The number of methoxy groups -OCH3 is 1. The summed E-state index contributed by atoms with van der Waals surface area (Å²) in [6.07, 6.45) is 2.05. The highest BCUT2D eigenvalue weighted by Gasteiger charge is 2.02. The lowest BCUT2D eigenvalue weighted by Crippen LogP contribution is -2.08. The van der Waals surface area contributed by atoms with Crippen molar-refractivity contribution in [2.75, 3.05) is 20.7 Å². The van der Waals surface area contributed by atoms with Gasteiger partial charge in [0.15, 0.2) is 0 Å². The van der Waals surface area contributed by atoms with E-state index in [-0.39, 0.29) is 0 Å². The molecule has 0 amide bonds. The highest BCUT2D eigenvalue weighted by Crippen LogP contribution is 2.20. The Morgan fingerprint density at radius 1 is 1.56 bits per heavy atom. The van der Waals surface area contributed by atoms with Crippen molar-refractivity contribution in [1.29, 1.82) is 5.26 Å². The van der Waals surface area contributed by atoms with Crippen LogP contribution in [-0.2, 0) is 0 Å². The molecule has 0 aromatic heterocycles. The van der Waals surface area contributed by atoms with E-state index in [1.54, 1.807) is 7.11 Å². The van der Waals surface area contributed by atoms with E-state index >= 15 is 0 Å². The maximum absolute atomic E-state index is 8.95. The van der Waals surface area contributed by atoms with Gasteiger partial charge in [0, 0.05) is 6.54 Å². The van der Waals surface area contributed by atoms with Crippen LogP contribution in [0.5, 0.6) is 5.75 Å². The molecule has 0 fully saturated rings. The minimum absolute atomic E-state index is 0.563. The molecular formula is C13H16N2O. The van der Waals surface area contributed by atoms with Crippen molar-refractivity contribution in [3.8, 4) is 11.8 Å². The number of ether oxygens (including phenoxy) is 1. The van der Waals surface area contributed by atoms with Gasteiger partial charge in [0.1, 0.15) is 11.8 Å². The van der Waals surface area contributed by atoms with Crippen molar-refractivity contribution in [1.82, 2.24) is 5.32 Å². The van der Waals surface area contributed by atoms with Crippen molar-refractivity contribution in [3.05, 3.63) is 34.9 Å².